The van der Waals surface area contributed by atoms with Crippen molar-refractivity contribution in [3.63, 3.8) is 0 Å². The van der Waals surface area contributed by atoms with Crippen LogP contribution in [-0.2, 0) is 7.05 Å². The minimum absolute atomic E-state index is 0.166. The van der Waals surface area contributed by atoms with E-state index < -0.39 is 5.97 Å². The maximum absolute atomic E-state index is 11.2. The number of ether oxygens (including phenoxy) is 2. The molecule has 1 N–H and O–H groups in total. The highest BCUT2D eigenvalue weighted by Crippen LogP contribution is 2.35. The second-order valence-electron chi connectivity index (χ2n) is 4.19. The number of aryl methyl sites for hydroxylation is 1. The predicted octanol–water partition coefficient (Wildman–Crippen LogP) is 1.56. The van der Waals surface area contributed by atoms with Gasteiger partial charge in [-0.25, -0.2) is 4.79 Å². The number of carboxylic acids is 1. The zero-order valence-corrected chi connectivity index (χ0v) is 10.3. The van der Waals surface area contributed by atoms with Crippen LogP contribution in [0.15, 0.2) is 24.4 Å². The molecule has 0 unspecified atom stereocenters. The normalized spacial score (nSPS) is 13.3. The fraction of sp³-hybridized carbons (Fsp3) is 0.231. The van der Waals surface area contributed by atoms with Gasteiger partial charge in [0.2, 0.25) is 0 Å². The number of nitrogens with zero attached hydrogens (tertiary/aromatic N) is 2. The number of benzene rings is 1. The van der Waals surface area contributed by atoms with Gasteiger partial charge in [0.05, 0.1) is 11.9 Å². The molecule has 6 heteroatoms. The van der Waals surface area contributed by atoms with Gasteiger partial charge in [-0.2, -0.15) is 5.10 Å². The Morgan fingerprint density at radius 1 is 1.32 bits per heavy atom. The Hall–Kier alpha value is -2.50. The third kappa shape index (κ3) is 1.91. The Labute approximate surface area is 109 Å². The van der Waals surface area contributed by atoms with E-state index in [1.807, 2.05) is 0 Å². The lowest BCUT2D eigenvalue weighted by Gasteiger charge is -2.19. The highest BCUT2D eigenvalue weighted by atomic mass is 16.6. The Kier molecular flexibility index (Phi) is 2.63. The molecule has 0 fully saturated rings. The molecule has 0 amide bonds. The first-order chi connectivity index (χ1) is 9.16. The predicted molar refractivity (Wildman–Crippen MR) is 66.6 cm³/mol. The van der Waals surface area contributed by atoms with Crippen molar-refractivity contribution in [3.8, 4) is 22.8 Å². The molecule has 2 heterocycles. The van der Waals surface area contributed by atoms with E-state index in [4.69, 9.17) is 14.6 Å². The molecule has 1 aliphatic rings. The smallest absolute Gasteiger partial charge is 0.339 e. The van der Waals surface area contributed by atoms with Gasteiger partial charge < -0.3 is 14.6 Å². The van der Waals surface area contributed by atoms with E-state index in [1.165, 1.54) is 10.9 Å². The third-order valence-corrected chi connectivity index (χ3v) is 2.98. The quantitative estimate of drug-likeness (QED) is 0.887. The number of aromatic nitrogens is 2. The molecule has 1 aliphatic heterocycles. The van der Waals surface area contributed by atoms with Crippen molar-refractivity contribution in [1.29, 1.82) is 0 Å². The fourth-order valence-corrected chi connectivity index (χ4v) is 2.13. The standard InChI is InChI=1S/C13H12N2O4/c1-15-12(9(7-14-15)13(16)17)8-2-3-10-11(6-8)19-5-4-18-10/h2-3,6-7H,4-5H2,1H3,(H,16,17). The van der Waals surface area contributed by atoms with Crippen LogP contribution < -0.4 is 9.47 Å². The topological polar surface area (TPSA) is 73.6 Å². The Balaban J connectivity index is 2.12. The van der Waals surface area contributed by atoms with Crippen molar-refractivity contribution in [3.05, 3.63) is 30.0 Å². The van der Waals surface area contributed by atoms with Gasteiger partial charge in [0.1, 0.15) is 18.8 Å². The fourth-order valence-electron chi connectivity index (χ4n) is 2.13. The summed E-state index contributed by atoms with van der Waals surface area (Å²) >= 11 is 0. The Morgan fingerprint density at radius 2 is 2.05 bits per heavy atom. The summed E-state index contributed by atoms with van der Waals surface area (Å²) in [5.74, 6) is 0.299. The molecule has 3 rings (SSSR count). The first kappa shape index (κ1) is 11.6. The molecule has 6 nitrogen and oxygen atoms in total. The van der Waals surface area contributed by atoms with Crippen molar-refractivity contribution in [2.45, 2.75) is 0 Å². The summed E-state index contributed by atoms with van der Waals surface area (Å²) in [7, 11) is 1.71. The lowest BCUT2D eigenvalue weighted by Crippen LogP contribution is -2.15. The number of fused-ring (bicyclic) bond motifs is 1. The number of hydrogen-bond donors (Lipinski definition) is 1. The van der Waals surface area contributed by atoms with Gasteiger partial charge in [-0.3, -0.25) is 4.68 Å². The number of aromatic carboxylic acids is 1. The maximum atomic E-state index is 11.2. The molecular weight excluding hydrogens is 248 g/mol. The summed E-state index contributed by atoms with van der Waals surface area (Å²) in [6, 6.07) is 5.36. The van der Waals surface area contributed by atoms with Crippen molar-refractivity contribution in [2.75, 3.05) is 13.2 Å². The van der Waals surface area contributed by atoms with Gasteiger partial charge in [-0.15, -0.1) is 0 Å². The van der Waals surface area contributed by atoms with Crippen LogP contribution >= 0.6 is 0 Å². The van der Waals surface area contributed by atoms with Crippen LogP contribution in [0.2, 0.25) is 0 Å². The first-order valence-electron chi connectivity index (χ1n) is 5.82. The zero-order chi connectivity index (χ0) is 13.4. The summed E-state index contributed by atoms with van der Waals surface area (Å²) in [5, 5.41) is 13.2. The largest absolute Gasteiger partial charge is 0.486 e. The van der Waals surface area contributed by atoms with Crippen LogP contribution in [0.5, 0.6) is 11.5 Å². The third-order valence-electron chi connectivity index (χ3n) is 2.98. The van der Waals surface area contributed by atoms with Crippen LogP contribution in [0.4, 0.5) is 0 Å². The Bertz CT molecular complexity index is 648. The van der Waals surface area contributed by atoms with Gasteiger partial charge >= 0.3 is 5.97 Å². The lowest BCUT2D eigenvalue weighted by molar-refractivity contribution is 0.0697. The average Bonchev–Trinajstić information content (AvgIpc) is 2.80. The van der Waals surface area contributed by atoms with Crippen molar-refractivity contribution in [2.24, 2.45) is 7.05 Å². The molecule has 0 spiro atoms. The molecule has 0 saturated carbocycles. The second-order valence-corrected chi connectivity index (χ2v) is 4.19. The van der Waals surface area contributed by atoms with Crippen LogP contribution in [0.1, 0.15) is 10.4 Å². The van der Waals surface area contributed by atoms with Gasteiger partial charge in [-0.1, -0.05) is 0 Å². The summed E-state index contributed by atoms with van der Waals surface area (Å²) in [4.78, 5) is 11.2. The Morgan fingerprint density at radius 3 is 2.79 bits per heavy atom. The molecule has 98 valence electrons. The van der Waals surface area contributed by atoms with E-state index >= 15 is 0 Å². The molecule has 1 aromatic carbocycles. The minimum atomic E-state index is -1.00. The molecule has 0 saturated heterocycles. The van der Waals surface area contributed by atoms with Crippen LogP contribution in [0.25, 0.3) is 11.3 Å². The highest BCUT2D eigenvalue weighted by molar-refractivity contribution is 5.94. The molecule has 19 heavy (non-hydrogen) atoms. The summed E-state index contributed by atoms with van der Waals surface area (Å²) in [5.41, 5.74) is 1.45. The van der Waals surface area contributed by atoms with E-state index in [0.29, 0.717) is 30.4 Å². The first-order valence-corrected chi connectivity index (χ1v) is 5.82. The van der Waals surface area contributed by atoms with Gasteiger partial charge in [0.15, 0.2) is 11.5 Å². The van der Waals surface area contributed by atoms with E-state index in [1.54, 1.807) is 25.2 Å². The van der Waals surface area contributed by atoms with Crippen LogP contribution in [0.3, 0.4) is 0 Å². The van der Waals surface area contributed by atoms with Gasteiger partial charge in [0, 0.05) is 12.6 Å². The second kappa shape index (κ2) is 4.31. The molecule has 0 atom stereocenters. The maximum Gasteiger partial charge on any atom is 0.339 e. The van der Waals surface area contributed by atoms with Crippen LogP contribution in [-0.4, -0.2) is 34.1 Å². The molecule has 0 radical (unpaired) electrons. The molecule has 1 aromatic heterocycles. The molecule has 2 aromatic rings. The zero-order valence-electron chi connectivity index (χ0n) is 10.3. The summed E-state index contributed by atoms with van der Waals surface area (Å²) in [6.07, 6.45) is 1.34. The lowest BCUT2D eigenvalue weighted by atomic mass is 10.1. The highest BCUT2D eigenvalue weighted by Gasteiger charge is 2.19. The van der Waals surface area contributed by atoms with E-state index in [9.17, 15) is 4.79 Å². The molecule has 0 bridgehead atoms. The average molecular weight is 260 g/mol. The number of carbonyl (C=O) groups is 1. The van der Waals surface area contributed by atoms with E-state index in [2.05, 4.69) is 5.10 Å². The number of hydrogen-bond acceptors (Lipinski definition) is 4. The monoisotopic (exact) mass is 260 g/mol. The summed E-state index contributed by atoms with van der Waals surface area (Å²) < 4.78 is 12.5. The van der Waals surface area contributed by atoms with Crippen molar-refractivity contribution < 1.29 is 19.4 Å². The number of carboxylic acid groups (broad SMARTS) is 1. The van der Waals surface area contributed by atoms with Gasteiger partial charge in [0.25, 0.3) is 0 Å². The molecule has 0 aliphatic carbocycles. The van der Waals surface area contributed by atoms with E-state index in [-0.39, 0.29) is 5.56 Å². The molecular formula is C13H12N2O4. The van der Waals surface area contributed by atoms with Crippen molar-refractivity contribution >= 4 is 5.97 Å². The SMILES string of the molecule is Cn1ncc(C(=O)O)c1-c1ccc2c(c1)OCCO2. The summed E-state index contributed by atoms with van der Waals surface area (Å²) in [6.45, 7) is 1.02. The van der Waals surface area contributed by atoms with E-state index in [0.717, 1.165) is 5.56 Å². The van der Waals surface area contributed by atoms with Gasteiger partial charge in [-0.05, 0) is 18.2 Å². The minimum Gasteiger partial charge on any atom is -0.486 e. The van der Waals surface area contributed by atoms with Crippen LogP contribution in [0, 0.1) is 0 Å². The number of rotatable bonds is 2. The van der Waals surface area contributed by atoms with Crippen molar-refractivity contribution in [1.82, 2.24) is 9.78 Å².